The summed E-state index contributed by atoms with van der Waals surface area (Å²) < 4.78 is 8.51. The monoisotopic (exact) mass is 867 g/mol. The number of hydrogen-bond donors (Lipinski definition) is 0. The summed E-state index contributed by atoms with van der Waals surface area (Å²) in [6.45, 7) is 36.2. The normalized spacial score (nSPS) is 21.8. The van der Waals surface area contributed by atoms with Crippen molar-refractivity contribution in [2.75, 3.05) is 18.0 Å². The molecular formula is C55H90N6O2. The Labute approximate surface area is 385 Å². The predicted molar refractivity (Wildman–Crippen MR) is 266 cm³/mol. The van der Waals surface area contributed by atoms with E-state index in [4.69, 9.17) is 19.8 Å². The molecule has 0 radical (unpaired) electrons. The number of esters is 1. The maximum atomic E-state index is 15.0. The number of aliphatic imine (C=N–C) groups is 1. The smallest absolute Gasteiger partial charge is 0.343 e. The van der Waals surface area contributed by atoms with E-state index < -0.39 is 5.97 Å². The van der Waals surface area contributed by atoms with Crippen LogP contribution in [0.25, 0.3) is 5.57 Å². The van der Waals surface area contributed by atoms with E-state index in [2.05, 4.69) is 133 Å². The van der Waals surface area contributed by atoms with Gasteiger partial charge in [-0.3, -0.25) is 0 Å². The van der Waals surface area contributed by atoms with Crippen molar-refractivity contribution in [3.05, 3.63) is 41.0 Å². The van der Waals surface area contributed by atoms with E-state index in [0.717, 1.165) is 69.3 Å². The molecule has 1 fully saturated rings. The number of ether oxygens (including phenoxy) is 1. The predicted octanol–water partition coefficient (Wildman–Crippen LogP) is 15.2. The van der Waals surface area contributed by atoms with Crippen molar-refractivity contribution in [2.45, 2.75) is 218 Å². The van der Waals surface area contributed by atoms with Crippen LogP contribution in [0.5, 0.6) is 0 Å². The van der Waals surface area contributed by atoms with Gasteiger partial charge in [-0.15, -0.1) is 5.10 Å². The highest BCUT2D eigenvalue weighted by Crippen LogP contribution is 2.50. The molecule has 2 aliphatic rings. The molecule has 352 valence electrons. The van der Waals surface area contributed by atoms with Crippen LogP contribution in [0.15, 0.2) is 28.8 Å². The highest BCUT2D eigenvalue weighted by Gasteiger charge is 2.49. The second-order valence-electron chi connectivity index (χ2n) is 21.9. The van der Waals surface area contributed by atoms with Crippen molar-refractivity contribution in [3.8, 4) is 6.07 Å². The Balaban J connectivity index is 1.92. The van der Waals surface area contributed by atoms with Gasteiger partial charge in [0.25, 0.3) is 0 Å². The van der Waals surface area contributed by atoms with Crippen molar-refractivity contribution >= 4 is 28.8 Å². The molecule has 0 amide bonds. The van der Waals surface area contributed by atoms with Crippen LogP contribution < -0.4 is 4.90 Å². The fourth-order valence-corrected chi connectivity index (χ4v) is 10.4. The summed E-state index contributed by atoms with van der Waals surface area (Å²) in [5, 5.41) is 16.2. The third-order valence-electron chi connectivity index (χ3n) is 15.0. The van der Waals surface area contributed by atoms with Crippen LogP contribution in [0.4, 0.5) is 11.4 Å². The van der Waals surface area contributed by atoms with E-state index in [1.807, 2.05) is 0 Å². The summed E-state index contributed by atoms with van der Waals surface area (Å²) in [6, 6.07) is 9.22. The van der Waals surface area contributed by atoms with Gasteiger partial charge in [0.2, 0.25) is 0 Å². The fourth-order valence-electron chi connectivity index (χ4n) is 10.4. The molecule has 0 N–H and O–H groups in total. The summed E-state index contributed by atoms with van der Waals surface area (Å²) >= 11 is 0. The standard InChI is InChI=1S/C55H90N6O2/c1-16-23-26-39(20-5)35-60(36-40(21-6)27-24-17-2)42-29-30-47(43(33-42)38(9)19-4)57-51-44(34-56)48(52-58-50(59-61(51)52)41(22-7)28-25-18-3)53(62)63-49-45(54(10,11)12)31-37(8)32-46(49)55(13,14)15/h29-30,33,37-41,45-46,49H,16-28,31-32,35-36H2,1-15H3/b57-51+. The zero-order valence-electron chi connectivity index (χ0n) is 42.9. The van der Waals surface area contributed by atoms with E-state index in [1.54, 1.807) is 4.68 Å². The lowest BCUT2D eigenvalue weighted by Gasteiger charge is -2.50. The summed E-state index contributed by atoms with van der Waals surface area (Å²) in [4.78, 5) is 28.2. The van der Waals surface area contributed by atoms with Gasteiger partial charge in [0.15, 0.2) is 17.5 Å². The van der Waals surface area contributed by atoms with Gasteiger partial charge in [-0.2, -0.15) is 9.94 Å². The van der Waals surface area contributed by atoms with Gasteiger partial charge in [-0.1, -0.05) is 155 Å². The Bertz CT molecular complexity index is 1830. The highest BCUT2D eigenvalue weighted by atomic mass is 16.5. The maximum Gasteiger partial charge on any atom is 0.343 e. The zero-order valence-corrected chi connectivity index (χ0v) is 42.9. The Morgan fingerprint density at radius 2 is 1.41 bits per heavy atom. The van der Waals surface area contributed by atoms with E-state index in [9.17, 15) is 5.26 Å². The average molecular weight is 867 g/mol. The molecule has 1 aromatic carbocycles. The molecule has 1 aromatic heterocycles. The number of allylic oxidation sites excluding steroid dienone is 1. The molecule has 0 saturated heterocycles. The van der Waals surface area contributed by atoms with E-state index >= 15 is 4.79 Å². The zero-order chi connectivity index (χ0) is 46.6. The van der Waals surface area contributed by atoms with Gasteiger partial charge in [0.1, 0.15) is 23.3 Å². The van der Waals surface area contributed by atoms with Crippen LogP contribution in [-0.2, 0) is 9.53 Å². The number of carbonyl (C=O) groups is 1. The number of fused-ring (bicyclic) bond motifs is 1. The molecule has 8 nitrogen and oxygen atoms in total. The van der Waals surface area contributed by atoms with Crippen molar-refractivity contribution in [3.63, 3.8) is 0 Å². The summed E-state index contributed by atoms with van der Waals surface area (Å²) in [5.74, 6) is 3.45. The highest BCUT2D eigenvalue weighted by molar-refractivity contribution is 6.29. The Kier molecular flexibility index (Phi) is 19.6. The van der Waals surface area contributed by atoms with Gasteiger partial charge in [-0.05, 0) is 103 Å². The number of carbonyl (C=O) groups excluding carboxylic acids is 1. The molecule has 4 rings (SSSR count). The van der Waals surface area contributed by atoms with Crippen molar-refractivity contribution in [1.82, 2.24) is 14.8 Å². The molecule has 2 aromatic rings. The molecule has 0 spiro atoms. The molecule has 0 bridgehead atoms. The van der Waals surface area contributed by atoms with Crippen LogP contribution in [0.1, 0.15) is 229 Å². The number of rotatable bonds is 23. The second-order valence-corrected chi connectivity index (χ2v) is 21.9. The Morgan fingerprint density at radius 3 is 1.89 bits per heavy atom. The molecule has 2 heterocycles. The van der Waals surface area contributed by atoms with Crippen molar-refractivity contribution in [2.24, 2.45) is 45.4 Å². The second kappa shape index (κ2) is 23.6. The number of anilines is 1. The number of benzene rings is 1. The van der Waals surface area contributed by atoms with E-state index in [1.165, 1.54) is 57.1 Å². The molecular weight excluding hydrogens is 777 g/mol. The van der Waals surface area contributed by atoms with Gasteiger partial charge in [0, 0.05) is 36.5 Å². The number of nitrogens with zero attached hydrogens (tertiary/aromatic N) is 6. The lowest BCUT2D eigenvalue weighted by molar-refractivity contribution is -0.162. The number of hydrogen-bond acceptors (Lipinski definition) is 7. The first-order chi connectivity index (χ1) is 29.9. The van der Waals surface area contributed by atoms with Gasteiger partial charge >= 0.3 is 5.97 Å². The number of aromatic nitrogens is 3. The number of nitriles is 1. The third kappa shape index (κ3) is 13.1. The van der Waals surface area contributed by atoms with E-state index in [-0.39, 0.29) is 51.8 Å². The summed E-state index contributed by atoms with van der Waals surface area (Å²) in [5.41, 5.74) is 3.44. The van der Waals surface area contributed by atoms with Crippen LogP contribution in [0, 0.1) is 51.8 Å². The minimum Gasteiger partial charge on any atom is -0.458 e. The summed E-state index contributed by atoms with van der Waals surface area (Å²) in [7, 11) is 0. The lowest BCUT2D eigenvalue weighted by atomic mass is 9.59. The van der Waals surface area contributed by atoms with Crippen molar-refractivity contribution < 1.29 is 9.53 Å². The molecule has 6 atom stereocenters. The fraction of sp³-hybridized carbons (Fsp3) is 0.764. The van der Waals surface area contributed by atoms with Crippen LogP contribution in [0.3, 0.4) is 0 Å². The first-order valence-electron chi connectivity index (χ1n) is 25.7. The minimum absolute atomic E-state index is 0.0767. The first kappa shape index (κ1) is 52.2. The SMILES string of the molecule is CCCCC(CC)CN(CC(CC)CCCC)c1ccc(/N=C2\C(C#N)=C(C(=O)OC3C(C(C)(C)C)CC(C)CC3C(C)(C)C)c3nc(C(CC)CCCC)nn32)c(C(C)CC)c1. The van der Waals surface area contributed by atoms with Crippen LogP contribution in [-0.4, -0.2) is 45.8 Å². The molecule has 1 aliphatic heterocycles. The molecule has 63 heavy (non-hydrogen) atoms. The lowest BCUT2D eigenvalue weighted by Crippen LogP contribution is -2.49. The van der Waals surface area contributed by atoms with Gasteiger partial charge in [0.05, 0.1) is 5.69 Å². The summed E-state index contributed by atoms with van der Waals surface area (Å²) in [6.07, 6.45) is 16.4. The Morgan fingerprint density at radius 1 is 0.857 bits per heavy atom. The quantitative estimate of drug-likeness (QED) is 0.103. The molecule has 1 aliphatic carbocycles. The maximum absolute atomic E-state index is 15.0. The van der Waals surface area contributed by atoms with Gasteiger partial charge in [-0.25, -0.2) is 14.8 Å². The first-order valence-corrected chi connectivity index (χ1v) is 25.7. The molecule has 1 saturated carbocycles. The topological polar surface area (TPSA) is 96.4 Å². The number of unbranched alkanes of at least 4 members (excludes halogenated alkanes) is 3. The van der Waals surface area contributed by atoms with Crippen molar-refractivity contribution in [1.29, 1.82) is 5.26 Å². The average Bonchev–Trinajstić information content (AvgIpc) is 3.79. The molecule has 6 unspecified atom stereocenters. The largest absolute Gasteiger partial charge is 0.458 e. The van der Waals surface area contributed by atoms with Crippen LogP contribution >= 0.6 is 0 Å². The third-order valence-corrected chi connectivity index (χ3v) is 15.0. The van der Waals surface area contributed by atoms with E-state index in [0.29, 0.717) is 35.2 Å². The van der Waals surface area contributed by atoms with Crippen LogP contribution in [0.2, 0.25) is 0 Å². The minimum atomic E-state index is -0.489. The molecule has 8 heteroatoms. The Hall–Kier alpha value is -3.47. The van der Waals surface area contributed by atoms with Gasteiger partial charge < -0.3 is 9.64 Å².